The first-order valence-corrected chi connectivity index (χ1v) is 6.86. The van der Waals surface area contributed by atoms with Gasteiger partial charge in [0, 0.05) is 23.2 Å². The lowest BCUT2D eigenvalue weighted by Crippen LogP contribution is -2.26. The summed E-state index contributed by atoms with van der Waals surface area (Å²) in [6.45, 7) is 4.08. The molecule has 2 nitrogen and oxygen atoms in total. The Morgan fingerprint density at radius 3 is 2.67 bits per heavy atom. The highest BCUT2D eigenvalue weighted by atomic mass is 79.9. The van der Waals surface area contributed by atoms with Gasteiger partial charge in [-0.05, 0) is 51.9 Å². The van der Waals surface area contributed by atoms with Crippen molar-refractivity contribution in [1.29, 1.82) is 0 Å². The number of rotatable bonds is 6. The Kier molecular flexibility index (Phi) is 5.76. The van der Waals surface area contributed by atoms with E-state index in [-0.39, 0.29) is 17.5 Å². The molecular weight excluding hydrogens is 297 g/mol. The first kappa shape index (κ1) is 15.6. The van der Waals surface area contributed by atoms with Gasteiger partial charge in [0.2, 0.25) is 0 Å². The van der Waals surface area contributed by atoms with Crippen molar-refractivity contribution < 1.29 is 9.13 Å². The van der Waals surface area contributed by atoms with E-state index in [1.807, 2.05) is 27.0 Å². The summed E-state index contributed by atoms with van der Waals surface area (Å²) in [5, 5.41) is 3.17. The van der Waals surface area contributed by atoms with Crippen molar-refractivity contribution in [2.24, 2.45) is 0 Å². The Bertz CT molecular complexity index is 395. The third-order valence-electron chi connectivity index (χ3n) is 3.27. The summed E-state index contributed by atoms with van der Waals surface area (Å²) in [4.78, 5) is 0. The number of benzene rings is 1. The molecule has 102 valence electrons. The van der Waals surface area contributed by atoms with E-state index in [0.717, 1.165) is 17.3 Å². The smallest absolute Gasteiger partial charge is 0.128 e. The maximum atomic E-state index is 13.8. The van der Waals surface area contributed by atoms with E-state index in [0.29, 0.717) is 5.56 Å². The van der Waals surface area contributed by atoms with Gasteiger partial charge in [-0.1, -0.05) is 15.9 Å². The highest BCUT2D eigenvalue weighted by Gasteiger charge is 2.21. The first-order valence-electron chi connectivity index (χ1n) is 6.07. The van der Waals surface area contributed by atoms with Gasteiger partial charge in [0.15, 0.2) is 0 Å². The summed E-state index contributed by atoms with van der Waals surface area (Å²) in [6.07, 6.45) is 1.69. The monoisotopic (exact) mass is 317 g/mol. The van der Waals surface area contributed by atoms with Crippen molar-refractivity contribution in [3.63, 3.8) is 0 Å². The number of hydrogen-bond donors (Lipinski definition) is 1. The Morgan fingerprint density at radius 2 is 2.11 bits per heavy atom. The minimum absolute atomic E-state index is 0.00285. The zero-order valence-corrected chi connectivity index (χ0v) is 13.0. The second-order valence-electron chi connectivity index (χ2n) is 5.01. The predicted octanol–water partition coefficient (Wildman–Crippen LogP) is 4.05. The molecule has 0 aliphatic rings. The van der Waals surface area contributed by atoms with E-state index < -0.39 is 0 Å². The number of nitrogens with one attached hydrogen (secondary N) is 1. The van der Waals surface area contributed by atoms with Gasteiger partial charge in [-0.15, -0.1) is 0 Å². The number of hydrogen-bond acceptors (Lipinski definition) is 2. The van der Waals surface area contributed by atoms with Crippen LogP contribution in [0.4, 0.5) is 4.39 Å². The van der Waals surface area contributed by atoms with E-state index in [9.17, 15) is 4.39 Å². The van der Waals surface area contributed by atoms with Crippen molar-refractivity contribution >= 4 is 15.9 Å². The SMILES string of the molecule is CNC(CCC(C)(C)OC)c1cc(Br)ccc1F. The maximum Gasteiger partial charge on any atom is 0.128 e. The van der Waals surface area contributed by atoms with E-state index in [2.05, 4.69) is 21.2 Å². The van der Waals surface area contributed by atoms with Crippen LogP contribution in [0.25, 0.3) is 0 Å². The first-order chi connectivity index (χ1) is 8.39. The summed E-state index contributed by atoms with van der Waals surface area (Å²) in [5.41, 5.74) is 0.510. The quantitative estimate of drug-likeness (QED) is 0.854. The molecule has 0 aromatic heterocycles. The third kappa shape index (κ3) is 4.34. The molecule has 0 amide bonds. The Balaban J connectivity index is 2.80. The summed E-state index contributed by atoms with van der Waals surface area (Å²) in [6, 6.07) is 5.03. The molecule has 0 spiro atoms. The predicted molar refractivity (Wildman–Crippen MR) is 76.2 cm³/mol. The molecule has 0 fully saturated rings. The average Bonchev–Trinajstić information content (AvgIpc) is 2.34. The lowest BCUT2D eigenvalue weighted by Gasteiger charge is -2.26. The zero-order chi connectivity index (χ0) is 13.8. The van der Waals surface area contributed by atoms with E-state index in [4.69, 9.17) is 4.74 Å². The molecular formula is C14H21BrFNO. The van der Waals surface area contributed by atoms with Crippen LogP contribution in [0.2, 0.25) is 0 Å². The molecule has 0 bridgehead atoms. The van der Waals surface area contributed by atoms with E-state index in [1.54, 1.807) is 13.2 Å². The molecule has 1 unspecified atom stereocenters. The Labute approximate surface area is 117 Å². The van der Waals surface area contributed by atoms with Crippen molar-refractivity contribution in [1.82, 2.24) is 5.32 Å². The summed E-state index contributed by atoms with van der Waals surface area (Å²) < 4.78 is 20.1. The normalized spacial score (nSPS) is 13.7. The minimum Gasteiger partial charge on any atom is -0.379 e. The lowest BCUT2D eigenvalue weighted by atomic mass is 9.95. The molecule has 0 aliphatic heterocycles. The lowest BCUT2D eigenvalue weighted by molar-refractivity contribution is 0.0117. The molecule has 1 rings (SSSR count). The zero-order valence-electron chi connectivity index (χ0n) is 11.4. The van der Waals surface area contributed by atoms with Gasteiger partial charge in [-0.2, -0.15) is 0 Å². The van der Waals surface area contributed by atoms with Crippen molar-refractivity contribution in [2.45, 2.75) is 38.3 Å². The summed E-state index contributed by atoms with van der Waals surface area (Å²) in [7, 11) is 3.55. The number of methoxy groups -OCH3 is 1. The molecule has 1 N–H and O–H groups in total. The molecule has 0 saturated heterocycles. The fourth-order valence-electron chi connectivity index (χ4n) is 1.83. The van der Waals surface area contributed by atoms with Crippen LogP contribution < -0.4 is 5.32 Å². The summed E-state index contributed by atoms with van der Waals surface area (Å²) >= 11 is 3.38. The van der Waals surface area contributed by atoms with Gasteiger partial charge in [0.25, 0.3) is 0 Å². The maximum absolute atomic E-state index is 13.8. The standard InChI is InChI=1S/C14H21BrFNO/c1-14(2,18-4)8-7-13(17-3)11-9-10(15)5-6-12(11)16/h5-6,9,13,17H,7-8H2,1-4H3. The average molecular weight is 318 g/mol. The number of ether oxygens (including phenoxy) is 1. The van der Waals surface area contributed by atoms with E-state index in [1.165, 1.54) is 6.07 Å². The van der Waals surface area contributed by atoms with Gasteiger partial charge in [0.05, 0.1) is 5.60 Å². The molecule has 1 atom stereocenters. The Morgan fingerprint density at radius 1 is 1.44 bits per heavy atom. The highest BCUT2D eigenvalue weighted by Crippen LogP contribution is 2.27. The highest BCUT2D eigenvalue weighted by molar-refractivity contribution is 9.10. The molecule has 0 saturated carbocycles. The van der Waals surface area contributed by atoms with Crippen LogP contribution in [0, 0.1) is 5.82 Å². The van der Waals surface area contributed by atoms with Gasteiger partial charge in [-0.3, -0.25) is 0 Å². The van der Waals surface area contributed by atoms with Crippen molar-refractivity contribution in [3.8, 4) is 0 Å². The second-order valence-corrected chi connectivity index (χ2v) is 5.93. The van der Waals surface area contributed by atoms with Crippen LogP contribution in [-0.4, -0.2) is 19.8 Å². The van der Waals surface area contributed by atoms with Crippen LogP contribution in [0.5, 0.6) is 0 Å². The largest absolute Gasteiger partial charge is 0.379 e. The van der Waals surface area contributed by atoms with Gasteiger partial charge >= 0.3 is 0 Å². The molecule has 0 radical (unpaired) electrons. The molecule has 18 heavy (non-hydrogen) atoms. The van der Waals surface area contributed by atoms with E-state index >= 15 is 0 Å². The third-order valence-corrected chi connectivity index (χ3v) is 3.76. The topological polar surface area (TPSA) is 21.3 Å². The molecule has 4 heteroatoms. The molecule has 0 aliphatic carbocycles. The van der Waals surface area contributed by atoms with Crippen LogP contribution in [-0.2, 0) is 4.74 Å². The second kappa shape index (κ2) is 6.64. The van der Waals surface area contributed by atoms with Crippen molar-refractivity contribution in [3.05, 3.63) is 34.1 Å². The molecule has 0 heterocycles. The fraction of sp³-hybridized carbons (Fsp3) is 0.571. The fourth-order valence-corrected chi connectivity index (χ4v) is 2.21. The summed E-state index contributed by atoms with van der Waals surface area (Å²) in [5.74, 6) is -0.173. The minimum atomic E-state index is -0.183. The van der Waals surface area contributed by atoms with Gasteiger partial charge in [-0.25, -0.2) is 4.39 Å². The van der Waals surface area contributed by atoms with Gasteiger partial charge in [0.1, 0.15) is 5.82 Å². The van der Waals surface area contributed by atoms with Crippen LogP contribution in [0.3, 0.4) is 0 Å². The Hall–Kier alpha value is -0.450. The van der Waals surface area contributed by atoms with Gasteiger partial charge < -0.3 is 10.1 Å². The van der Waals surface area contributed by atoms with Crippen molar-refractivity contribution in [2.75, 3.05) is 14.2 Å². The van der Waals surface area contributed by atoms with Crippen LogP contribution in [0.1, 0.15) is 38.3 Å². The molecule has 1 aromatic carbocycles. The van der Waals surface area contributed by atoms with Crippen LogP contribution in [0.15, 0.2) is 22.7 Å². The molecule has 1 aromatic rings. The van der Waals surface area contributed by atoms with Crippen LogP contribution >= 0.6 is 15.9 Å². The number of halogens is 2.